The first-order valence-corrected chi connectivity index (χ1v) is 7.79. The van der Waals surface area contributed by atoms with E-state index in [1.165, 1.54) is 0 Å². The second-order valence-corrected chi connectivity index (χ2v) is 6.36. The average Bonchev–Trinajstić information content (AvgIpc) is 2.45. The summed E-state index contributed by atoms with van der Waals surface area (Å²) in [5.41, 5.74) is 8.99. The van der Waals surface area contributed by atoms with E-state index in [1.54, 1.807) is 0 Å². The number of carbonyl (C=O) groups excluding carboxylic acids is 1. The van der Waals surface area contributed by atoms with Crippen molar-refractivity contribution in [2.24, 2.45) is 17.6 Å². The van der Waals surface area contributed by atoms with E-state index < -0.39 is 0 Å². The molecule has 21 heavy (non-hydrogen) atoms. The number of nitrogens with two attached hydrogens (primary N) is 1. The summed E-state index contributed by atoms with van der Waals surface area (Å²) in [5.74, 6) is 1.23. The lowest BCUT2D eigenvalue weighted by molar-refractivity contribution is -0.117. The number of amides is 1. The maximum absolute atomic E-state index is 12.2. The molecule has 0 radical (unpaired) electrons. The standard InChI is InChI=1S/C17H27N3O/c1-12-4-5-14(3)16(8-12)19-17(21)11-20-7-6-13(2)15(9-18)10-20/h4-5,8,13,15H,6-7,9-11,18H2,1-3H3,(H,19,21). The van der Waals surface area contributed by atoms with Gasteiger partial charge in [0.25, 0.3) is 0 Å². The zero-order valence-corrected chi connectivity index (χ0v) is 13.4. The number of aryl methyl sites for hydroxylation is 2. The highest BCUT2D eigenvalue weighted by Crippen LogP contribution is 2.22. The molecule has 2 atom stereocenters. The van der Waals surface area contributed by atoms with Gasteiger partial charge >= 0.3 is 0 Å². The van der Waals surface area contributed by atoms with Gasteiger partial charge in [-0.1, -0.05) is 19.1 Å². The number of nitrogens with zero attached hydrogens (tertiary/aromatic N) is 1. The molecule has 1 saturated heterocycles. The van der Waals surface area contributed by atoms with Crippen LogP contribution in [0.15, 0.2) is 18.2 Å². The molecule has 1 fully saturated rings. The van der Waals surface area contributed by atoms with Crippen LogP contribution in [0, 0.1) is 25.7 Å². The van der Waals surface area contributed by atoms with E-state index >= 15 is 0 Å². The first kappa shape index (κ1) is 16.0. The molecular formula is C17H27N3O. The van der Waals surface area contributed by atoms with Gasteiger partial charge in [-0.05, 0) is 62.4 Å². The fraction of sp³-hybridized carbons (Fsp3) is 0.588. The van der Waals surface area contributed by atoms with Gasteiger partial charge in [0, 0.05) is 12.2 Å². The van der Waals surface area contributed by atoms with Crippen molar-refractivity contribution in [2.75, 3.05) is 31.5 Å². The number of hydrogen-bond acceptors (Lipinski definition) is 3. The number of hydrogen-bond donors (Lipinski definition) is 2. The number of rotatable bonds is 4. The Kier molecular flexibility index (Phi) is 5.37. The Balaban J connectivity index is 1.91. The Labute approximate surface area is 127 Å². The molecule has 3 N–H and O–H groups in total. The van der Waals surface area contributed by atoms with Crippen molar-refractivity contribution in [2.45, 2.75) is 27.2 Å². The van der Waals surface area contributed by atoms with E-state index in [-0.39, 0.29) is 5.91 Å². The largest absolute Gasteiger partial charge is 0.330 e. The minimum absolute atomic E-state index is 0.0639. The summed E-state index contributed by atoms with van der Waals surface area (Å²) in [4.78, 5) is 14.5. The van der Waals surface area contributed by atoms with E-state index in [0.717, 1.165) is 36.3 Å². The van der Waals surface area contributed by atoms with E-state index in [0.29, 0.717) is 24.9 Å². The third-order valence-corrected chi connectivity index (χ3v) is 4.54. The van der Waals surface area contributed by atoms with E-state index in [4.69, 9.17) is 5.73 Å². The predicted octanol–water partition coefficient (Wildman–Crippen LogP) is 2.16. The van der Waals surface area contributed by atoms with Gasteiger partial charge in [0.2, 0.25) is 5.91 Å². The topological polar surface area (TPSA) is 58.4 Å². The zero-order valence-electron chi connectivity index (χ0n) is 13.4. The van der Waals surface area contributed by atoms with Gasteiger partial charge in [-0.2, -0.15) is 0 Å². The van der Waals surface area contributed by atoms with Crippen molar-refractivity contribution in [3.05, 3.63) is 29.3 Å². The van der Waals surface area contributed by atoms with Crippen molar-refractivity contribution in [3.63, 3.8) is 0 Å². The third kappa shape index (κ3) is 4.29. The smallest absolute Gasteiger partial charge is 0.238 e. The quantitative estimate of drug-likeness (QED) is 0.893. The van der Waals surface area contributed by atoms with Gasteiger partial charge < -0.3 is 11.1 Å². The Morgan fingerprint density at radius 3 is 2.90 bits per heavy atom. The van der Waals surface area contributed by atoms with Crippen LogP contribution in [0.3, 0.4) is 0 Å². The van der Waals surface area contributed by atoms with E-state index in [9.17, 15) is 4.79 Å². The van der Waals surface area contributed by atoms with Crippen LogP contribution in [-0.2, 0) is 4.79 Å². The van der Waals surface area contributed by atoms with Crippen molar-refractivity contribution in [3.8, 4) is 0 Å². The minimum Gasteiger partial charge on any atom is -0.330 e. The molecule has 0 saturated carbocycles. The van der Waals surface area contributed by atoms with Crippen LogP contribution in [0.1, 0.15) is 24.5 Å². The number of piperidine rings is 1. The van der Waals surface area contributed by atoms with Crippen LogP contribution in [0.25, 0.3) is 0 Å². The molecule has 0 aromatic heterocycles. The van der Waals surface area contributed by atoms with Crippen LogP contribution in [0.5, 0.6) is 0 Å². The van der Waals surface area contributed by atoms with Crippen molar-refractivity contribution >= 4 is 11.6 Å². The summed E-state index contributed by atoms with van der Waals surface area (Å²) in [6.45, 7) is 9.38. The number of anilines is 1. The molecule has 1 aromatic carbocycles. The third-order valence-electron chi connectivity index (χ3n) is 4.54. The van der Waals surface area contributed by atoms with Gasteiger partial charge in [-0.3, -0.25) is 9.69 Å². The van der Waals surface area contributed by atoms with Gasteiger partial charge in [0.15, 0.2) is 0 Å². The maximum atomic E-state index is 12.2. The highest BCUT2D eigenvalue weighted by atomic mass is 16.2. The fourth-order valence-corrected chi connectivity index (χ4v) is 2.94. The van der Waals surface area contributed by atoms with Crippen LogP contribution in [0.4, 0.5) is 5.69 Å². The van der Waals surface area contributed by atoms with Gasteiger partial charge in [0.05, 0.1) is 6.54 Å². The van der Waals surface area contributed by atoms with Gasteiger partial charge in [0.1, 0.15) is 0 Å². The molecular weight excluding hydrogens is 262 g/mol. The van der Waals surface area contributed by atoms with Crippen molar-refractivity contribution < 1.29 is 4.79 Å². The summed E-state index contributed by atoms with van der Waals surface area (Å²) in [5, 5.41) is 3.03. The molecule has 0 aliphatic carbocycles. The Morgan fingerprint density at radius 2 is 2.19 bits per heavy atom. The Hall–Kier alpha value is -1.39. The number of benzene rings is 1. The lowest BCUT2D eigenvalue weighted by Crippen LogP contribution is -2.45. The second-order valence-electron chi connectivity index (χ2n) is 6.36. The fourth-order valence-electron chi connectivity index (χ4n) is 2.94. The Morgan fingerprint density at radius 1 is 1.43 bits per heavy atom. The monoisotopic (exact) mass is 289 g/mol. The zero-order chi connectivity index (χ0) is 15.4. The molecule has 0 bridgehead atoms. The molecule has 1 aliphatic heterocycles. The molecule has 0 spiro atoms. The minimum atomic E-state index is 0.0639. The Bertz CT molecular complexity index is 501. The molecule has 4 nitrogen and oxygen atoms in total. The summed E-state index contributed by atoms with van der Waals surface area (Å²) in [6, 6.07) is 6.12. The number of likely N-dealkylation sites (tertiary alicyclic amines) is 1. The van der Waals surface area contributed by atoms with Gasteiger partial charge in [-0.15, -0.1) is 0 Å². The van der Waals surface area contributed by atoms with E-state index in [1.807, 2.05) is 26.0 Å². The van der Waals surface area contributed by atoms with Crippen LogP contribution >= 0.6 is 0 Å². The van der Waals surface area contributed by atoms with E-state index in [2.05, 4.69) is 23.2 Å². The molecule has 2 rings (SSSR count). The summed E-state index contributed by atoms with van der Waals surface area (Å²) in [7, 11) is 0. The molecule has 116 valence electrons. The van der Waals surface area contributed by atoms with Crippen molar-refractivity contribution in [1.29, 1.82) is 0 Å². The SMILES string of the molecule is Cc1ccc(C)c(NC(=O)CN2CCC(C)C(CN)C2)c1. The molecule has 1 aliphatic rings. The summed E-state index contributed by atoms with van der Waals surface area (Å²) < 4.78 is 0. The van der Waals surface area contributed by atoms with Crippen LogP contribution in [-0.4, -0.2) is 37.0 Å². The summed E-state index contributed by atoms with van der Waals surface area (Å²) in [6.07, 6.45) is 1.12. The lowest BCUT2D eigenvalue weighted by atomic mass is 9.87. The molecule has 1 heterocycles. The van der Waals surface area contributed by atoms with Crippen LogP contribution < -0.4 is 11.1 Å². The average molecular weight is 289 g/mol. The molecule has 4 heteroatoms. The normalized spacial score (nSPS) is 23.0. The lowest BCUT2D eigenvalue weighted by Gasteiger charge is -2.36. The first-order valence-electron chi connectivity index (χ1n) is 7.79. The number of nitrogens with one attached hydrogen (secondary N) is 1. The van der Waals surface area contributed by atoms with Crippen LogP contribution in [0.2, 0.25) is 0 Å². The number of carbonyl (C=O) groups is 1. The molecule has 1 amide bonds. The highest BCUT2D eigenvalue weighted by molar-refractivity contribution is 5.93. The molecule has 2 unspecified atom stereocenters. The van der Waals surface area contributed by atoms with Gasteiger partial charge in [-0.25, -0.2) is 0 Å². The summed E-state index contributed by atoms with van der Waals surface area (Å²) >= 11 is 0. The molecule has 1 aromatic rings. The highest BCUT2D eigenvalue weighted by Gasteiger charge is 2.26. The maximum Gasteiger partial charge on any atom is 0.238 e. The van der Waals surface area contributed by atoms with Crippen molar-refractivity contribution in [1.82, 2.24) is 4.90 Å². The second kappa shape index (κ2) is 7.05. The predicted molar refractivity (Wildman–Crippen MR) is 87.3 cm³/mol. The first-order chi connectivity index (χ1) is 9.99.